The van der Waals surface area contributed by atoms with E-state index in [1.54, 1.807) is 42.5 Å². The van der Waals surface area contributed by atoms with Crippen LogP contribution >= 0.6 is 11.8 Å². The lowest BCUT2D eigenvalue weighted by Gasteiger charge is -2.12. The fraction of sp³-hybridized carbons (Fsp3) is 0.130. The minimum Gasteiger partial charge on any atom is -0.493 e. The van der Waals surface area contributed by atoms with E-state index in [1.807, 2.05) is 0 Å². The maximum absolute atomic E-state index is 13.1. The Kier molecular flexibility index (Phi) is 7.50. The molecule has 6 nitrogen and oxygen atoms in total. The molecule has 3 rings (SSSR count). The van der Waals surface area contributed by atoms with Crippen molar-refractivity contribution in [1.82, 2.24) is 0 Å². The second kappa shape index (κ2) is 10.5. The van der Waals surface area contributed by atoms with Gasteiger partial charge in [0.1, 0.15) is 5.82 Å². The van der Waals surface area contributed by atoms with E-state index in [0.29, 0.717) is 33.3 Å². The predicted molar refractivity (Wildman–Crippen MR) is 120 cm³/mol. The molecule has 0 aliphatic carbocycles. The van der Waals surface area contributed by atoms with Gasteiger partial charge >= 0.3 is 0 Å². The van der Waals surface area contributed by atoms with E-state index >= 15 is 0 Å². The summed E-state index contributed by atoms with van der Waals surface area (Å²) < 4.78 is 23.5. The van der Waals surface area contributed by atoms with Crippen molar-refractivity contribution in [3.05, 3.63) is 78.1 Å². The van der Waals surface area contributed by atoms with Gasteiger partial charge in [0.2, 0.25) is 5.91 Å². The molecular formula is C23H21FN2O4S. The average Bonchev–Trinajstić information content (AvgIpc) is 2.79. The Hall–Kier alpha value is -3.52. The Morgan fingerprint density at radius 2 is 1.55 bits per heavy atom. The number of nitrogens with one attached hydrogen (secondary N) is 2. The van der Waals surface area contributed by atoms with E-state index in [4.69, 9.17) is 9.47 Å². The number of rotatable bonds is 8. The number of amides is 2. The van der Waals surface area contributed by atoms with Gasteiger partial charge in [-0.15, -0.1) is 11.8 Å². The summed E-state index contributed by atoms with van der Waals surface area (Å²) in [5.41, 5.74) is 1.48. The van der Waals surface area contributed by atoms with Crippen molar-refractivity contribution in [1.29, 1.82) is 0 Å². The third-order valence-electron chi connectivity index (χ3n) is 4.26. The van der Waals surface area contributed by atoms with Gasteiger partial charge in [0, 0.05) is 22.3 Å². The number of thioether (sulfide) groups is 1. The highest BCUT2D eigenvalue weighted by Crippen LogP contribution is 2.30. The smallest absolute Gasteiger partial charge is 0.256 e. The van der Waals surface area contributed by atoms with Crippen molar-refractivity contribution >= 4 is 35.0 Å². The molecule has 0 spiro atoms. The molecule has 0 heterocycles. The molecule has 0 aliphatic heterocycles. The highest BCUT2D eigenvalue weighted by molar-refractivity contribution is 8.00. The summed E-state index contributed by atoms with van der Waals surface area (Å²) in [5.74, 6) is 0.233. The molecule has 3 aromatic carbocycles. The number of anilines is 2. The van der Waals surface area contributed by atoms with Gasteiger partial charge in [0.25, 0.3) is 5.91 Å². The van der Waals surface area contributed by atoms with Gasteiger partial charge in [0.15, 0.2) is 11.5 Å². The van der Waals surface area contributed by atoms with Gasteiger partial charge in [0.05, 0.1) is 25.5 Å². The van der Waals surface area contributed by atoms with Crippen molar-refractivity contribution in [2.75, 3.05) is 30.6 Å². The van der Waals surface area contributed by atoms with Crippen LogP contribution in [0.25, 0.3) is 0 Å². The fourth-order valence-corrected chi connectivity index (χ4v) is 3.62. The van der Waals surface area contributed by atoms with E-state index in [9.17, 15) is 14.0 Å². The molecule has 31 heavy (non-hydrogen) atoms. The minimum absolute atomic E-state index is 0.106. The monoisotopic (exact) mass is 440 g/mol. The lowest BCUT2D eigenvalue weighted by Crippen LogP contribution is -2.16. The van der Waals surface area contributed by atoms with Gasteiger partial charge in [-0.2, -0.15) is 0 Å². The Labute approximate surface area is 183 Å². The summed E-state index contributed by atoms with van der Waals surface area (Å²) in [5, 5.41) is 5.53. The standard InChI is InChI=1S/C23H21FN2O4S/c1-29-19-12-11-17(13-20(19)30-2)25-22(27)14-31-21-6-4-3-5-18(21)23(28)26-16-9-7-15(24)8-10-16/h3-13H,14H2,1-2H3,(H,25,27)(H,26,28). The van der Waals surface area contributed by atoms with Crippen LogP contribution in [-0.2, 0) is 4.79 Å². The zero-order valence-corrected chi connectivity index (χ0v) is 17.8. The normalized spacial score (nSPS) is 10.3. The molecule has 0 bridgehead atoms. The summed E-state index contributed by atoms with van der Waals surface area (Å²) in [7, 11) is 3.06. The van der Waals surface area contributed by atoms with Crippen LogP contribution in [0.15, 0.2) is 71.6 Å². The number of carbonyl (C=O) groups is 2. The van der Waals surface area contributed by atoms with Gasteiger partial charge < -0.3 is 20.1 Å². The third kappa shape index (κ3) is 5.99. The van der Waals surface area contributed by atoms with Crippen LogP contribution in [0.5, 0.6) is 11.5 Å². The first kappa shape index (κ1) is 22.2. The number of ether oxygens (including phenoxy) is 2. The molecule has 0 atom stereocenters. The van der Waals surface area contributed by atoms with Gasteiger partial charge in [-0.1, -0.05) is 12.1 Å². The van der Waals surface area contributed by atoms with Crippen LogP contribution in [0.1, 0.15) is 10.4 Å². The molecule has 8 heteroatoms. The SMILES string of the molecule is COc1ccc(NC(=O)CSc2ccccc2C(=O)Nc2ccc(F)cc2)cc1OC. The topological polar surface area (TPSA) is 76.7 Å². The van der Waals surface area contributed by atoms with Crippen LogP contribution in [0.3, 0.4) is 0 Å². The van der Waals surface area contributed by atoms with Crippen molar-refractivity contribution < 1.29 is 23.5 Å². The third-order valence-corrected chi connectivity index (χ3v) is 5.33. The first-order valence-corrected chi connectivity index (χ1v) is 10.3. The summed E-state index contributed by atoms with van der Waals surface area (Å²) >= 11 is 1.24. The minimum atomic E-state index is -0.380. The lowest BCUT2D eigenvalue weighted by molar-refractivity contribution is -0.113. The van der Waals surface area contributed by atoms with Crippen molar-refractivity contribution in [3.8, 4) is 11.5 Å². The number of methoxy groups -OCH3 is 2. The first-order valence-electron chi connectivity index (χ1n) is 9.31. The second-order valence-corrected chi connectivity index (χ2v) is 7.38. The molecule has 0 radical (unpaired) electrons. The molecule has 2 amide bonds. The first-order chi connectivity index (χ1) is 15.0. The number of hydrogen-bond donors (Lipinski definition) is 2. The van der Waals surface area contributed by atoms with Crippen LogP contribution in [0.2, 0.25) is 0 Å². The van der Waals surface area contributed by atoms with E-state index in [2.05, 4.69) is 10.6 Å². The molecule has 2 N–H and O–H groups in total. The maximum atomic E-state index is 13.1. The average molecular weight is 440 g/mol. The Morgan fingerprint density at radius 3 is 2.26 bits per heavy atom. The Balaban J connectivity index is 1.63. The number of benzene rings is 3. The highest BCUT2D eigenvalue weighted by Gasteiger charge is 2.14. The fourth-order valence-electron chi connectivity index (χ4n) is 2.77. The molecule has 160 valence electrons. The Morgan fingerprint density at radius 1 is 0.871 bits per heavy atom. The van der Waals surface area contributed by atoms with Crippen LogP contribution in [0, 0.1) is 5.82 Å². The van der Waals surface area contributed by atoms with E-state index in [0.717, 1.165) is 0 Å². The molecule has 0 saturated carbocycles. The van der Waals surface area contributed by atoms with E-state index in [1.165, 1.54) is 50.2 Å². The zero-order valence-electron chi connectivity index (χ0n) is 17.0. The summed E-state index contributed by atoms with van der Waals surface area (Å²) in [6.45, 7) is 0. The zero-order chi connectivity index (χ0) is 22.2. The van der Waals surface area contributed by atoms with Crippen LogP contribution < -0.4 is 20.1 Å². The second-order valence-electron chi connectivity index (χ2n) is 6.36. The number of hydrogen-bond acceptors (Lipinski definition) is 5. The van der Waals surface area contributed by atoms with Crippen LogP contribution in [0.4, 0.5) is 15.8 Å². The molecule has 3 aromatic rings. The molecule has 0 aromatic heterocycles. The van der Waals surface area contributed by atoms with Crippen molar-refractivity contribution in [3.63, 3.8) is 0 Å². The Bertz CT molecular complexity index is 1070. The molecular weight excluding hydrogens is 419 g/mol. The van der Waals surface area contributed by atoms with Gasteiger partial charge in [-0.3, -0.25) is 9.59 Å². The highest BCUT2D eigenvalue weighted by atomic mass is 32.2. The van der Waals surface area contributed by atoms with Crippen molar-refractivity contribution in [2.24, 2.45) is 0 Å². The summed E-state index contributed by atoms with van der Waals surface area (Å²) in [4.78, 5) is 25.7. The maximum Gasteiger partial charge on any atom is 0.256 e. The van der Waals surface area contributed by atoms with Crippen LogP contribution in [-0.4, -0.2) is 31.8 Å². The summed E-state index contributed by atoms with van der Waals surface area (Å²) in [6.07, 6.45) is 0. The van der Waals surface area contributed by atoms with Gasteiger partial charge in [-0.05, 0) is 48.5 Å². The molecule has 0 fully saturated rings. The summed E-state index contributed by atoms with van der Waals surface area (Å²) in [6, 6.07) is 17.6. The quantitative estimate of drug-likeness (QED) is 0.491. The largest absolute Gasteiger partial charge is 0.493 e. The van der Waals surface area contributed by atoms with Gasteiger partial charge in [-0.25, -0.2) is 4.39 Å². The van der Waals surface area contributed by atoms with E-state index in [-0.39, 0.29) is 23.4 Å². The number of halogens is 1. The predicted octanol–water partition coefficient (Wildman–Crippen LogP) is 4.83. The molecule has 0 unspecified atom stereocenters. The lowest BCUT2D eigenvalue weighted by atomic mass is 10.2. The van der Waals surface area contributed by atoms with Crippen molar-refractivity contribution in [2.45, 2.75) is 4.90 Å². The molecule has 0 aliphatic rings. The van der Waals surface area contributed by atoms with E-state index < -0.39 is 0 Å². The molecule has 0 saturated heterocycles. The number of carbonyl (C=O) groups excluding carboxylic acids is 2.